The summed E-state index contributed by atoms with van der Waals surface area (Å²) in [4.78, 5) is 23.3. The maximum Gasteiger partial charge on any atom is 0.229 e. The molecule has 166 valence electrons. The molecule has 1 atom stereocenters. The summed E-state index contributed by atoms with van der Waals surface area (Å²) in [5, 5.41) is 22.0. The number of hydrogen-bond acceptors (Lipinski definition) is 9. The standard InChI is InChI=1S/C20H30N4O4S2/c1-20(2,3)15-8-21-16(28-15)12-29-17-9-22-19(30-17)23-18(27)13-4-6-24(7-5-13)10-14(26)11-25/h8-9,13-14,25-26H,4-7,10-12H2,1-3H3,(H,22,23,27). The minimum absolute atomic E-state index is 0.00854. The van der Waals surface area contributed by atoms with Gasteiger partial charge in [0.2, 0.25) is 11.8 Å². The van der Waals surface area contributed by atoms with E-state index in [2.05, 4.69) is 41.0 Å². The number of likely N-dealkylation sites (tertiary alicyclic amines) is 1. The van der Waals surface area contributed by atoms with Crippen LogP contribution in [0.25, 0.3) is 0 Å². The number of aliphatic hydroxyl groups is 2. The minimum atomic E-state index is -0.724. The molecule has 3 N–H and O–H groups in total. The van der Waals surface area contributed by atoms with E-state index in [1.807, 2.05) is 0 Å². The molecule has 1 amide bonds. The summed E-state index contributed by atoms with van der Waals surface area (Å²) < 4.78 is 6.80. The number of amides is 1. The van der Waals surface area contributed by atoms with Gasteiger partial charge in [-0.25, -0.2) is 9.97 Å². The molecule has 0 radical (unpaired) electrons. The molecular formula is C20H30N4O4S2. The average molecular weight is 455 g/mol. The zero-order chi connectivity index (χ0) is 21.7. The third kappa shape index (κ3) is 6.52. The summed E-state index contributed by atoms with van der Waals surface area (Å²) in [6.07, 6.45) is 4.29. The van der Waals surface area contributed by atoms with E-state index in [1.54, 1.807) is 24.2 Å². The second-order valence-corrected chi connectivity index (χ2v) is 10.8. The van der Waals surface area contributed by atoms with Gasteiger partial charge in [0.05, 0.1) is 35.1 Å². The number of nitrogens with zero attached hydrogens (tertiary/aromatic N) is 3. The zero-order valence-electron chi connectivity index (χ0n) is 17.6. The van der Waals surface area contributed by atoms with Crippen LogP contribution in [-0.4, -0.2) is 63.3 Å². The quantitative estimate of drug-likeness (QED) is 0.522. The molecule has 0 spiro atoms. The lowest BCUT2D eigenvalue weighted by molar-refractivity contribution is -0.121. The Hall–Kier alpha value is -1.46. The van der Waals surface area contributed by atoms with Gasteiger partial charge in [-0.15, -0.1) is 11.8 Å². The number of piperidine rings is 1. The molecule has 0 bridgehead atoms. The smallest absolute Gasteiger partial charge is 0.229 e. The fraction of sp³-hybridized carbons (Fsp3) is 0.650. The van der Waals surface area contributed by atoms with Crippen LogP contribution in [0.3, 0.4) is 0 Å². The summed E-state index contributed by atoms with van der Waals surface area (Å²) in [6, 6.07) is 0. The largest absolute Gasteiger partial charge is 0.444 e. The Labute approximate surface area is 185 Å². The van der Waals surface area contributed by atoms with Crippen molar-refractivity contribution in [2.24, 2.45) is 5.92 Å². The van der Waals surface area contributed by atoms with E-state index >= 15 is 0 Å². The number of aromatic nitrogens is 2. The summed E-state index contributed by atoms with van der Waals surface area (Å²) in [7, 11) is 0. The maximum atomic E-state index is 12.6. The monoisotopic (exact) mass is 454 g/mol. The fourth-order valence-electron chi connectivity index (χ4n) is 3.18. The number of nitrogens with one attached hydrogen (secondary N) is 1. The molecule has 3 heterocycles. The normalized spacial score (nSPS) is 17.2. The highest BCUT2D eigenvalue weighted by Crippen LogP contribution is 2.32. The highest BCUT2D eigenvalue weighted by atomic mass is 32.2. The Morgan fingerprint density at radius 3 is 2.73 bits per heavy atom. The van der Waals surface area contributed by atoms with Crippen LogP contribution in [0.1, 0.15) is 45.3 Å². The number of aliphatic hydroxyl groups excluding tert-OH is 2. The van der Waals surface area contributed by atoms with Gasteiger partial charge >= 0.3 is 0 Å². The summed E-state index contributed by atoms with van der Waals surface area (Å²) in [5.41, 5.74) is -0.0629. The van der Waals surface area contributed by atoms with Gasteiger partial charge in [0, 0.05) is 17.9 Å². The predicted octanol–water partition coefficient (Wildman–Crippen LogP) is 2.72. The van der Waals surface area contributed by atoms with E-state index in [-0.39, 0.29) is 23.8 Å². The zero-order valence-corrected chi connectivity index (χ0v) is 19.3. The lowest BCUT2D eigenvalue weighted by Gasteiger charge is -2.32. The molecule has 3 rings (SSSR count). The molecule has 2 aromatic rings. The number of thiazole rings is 1. The van der Waals surface area contributed by atoms with Gasteiger partial charge in [-0.2, -0.15) is 0 Å². The Kier molecular flexibility index (Phi) is 7.92. The molecule has 8 nitrogen and oxygen atoms in total. The van der Waals surface area contributed by atoms with Gasteiger partial charge in [0.15, 0.2) is 5.13 Å². The topological polar surface area (TPSA) is 112 Å². The van der Waals surface area contributed by atoms with E-state index in [1.165, 1.54) is 11.3 Å². The molecule has 30 heavy (non-hydrogen) atoms. The van der Waals surface area contributed by atoms with Crippen molar-refractivity contribution in [2.45, 2.75) is 55.1 Å². The second-order valence-electron chi connectivity index (χ2n) is 8.54. The van der Waals surface area contributed by atoms with Gasteiger partial charge in [0.1, 0.15) is 5.76 Å². The number of β-amino-alcohol motifs (C(OH)–C–C–N with tert-alkyl or cyclic N) is 1. The Morgan fingerprint density at radius 2 is 2.10 bits per heavy atom. The number of oxazole rings is 1. The first kappa shape index (κ1) is 23.2. The Morgan fingerprint density at radius 1 is 1.37 bits per heavy atom. The van der Waals surface area contributed by atoms with Crippen molar-refractivity contribution in [1.82, 2.24) is 14.9 Å². The van der Waals surface area contributed by atoms with Crippen LogP contribution >= 0.6 is 23.1 Å². The summed E-state index contributed by atoms with van der Waals surface area (Å²) >= 11 is 3.03. The van der Waals surface area contributed by atoms with Crippen LogP contribution in [0.4, 0.5) is 5.13 Å². The van der Waals surface area contributed by atoms with Gasteiger partial charge in [-0.1, -0.05) is 32.1 Å². The van der Waals surface area contributed by atoms with Crippen molar-refractivity contribution < 1.29 is 19.4 Å². The Bertz CT molecular complexity index is 825. The summed E-state index contributed by atoms with van der Waals surface area (Å²) in [6.45, 7) is 7.94. The highest BCUT2D eigenvalue weighted by molar-refractivity contribution is 8.00. The first-order chi connectivity index (χ1) is 14.2. The molecule has 1 unspecified atom stereocenters. The lowest BCUT2D eigenvalue weighted by Crippen LogP contribution is -2.42. The number of rotatable bonds is 8. The van der Waals surface area contributed by atoms with E-state index < -0.39 is 6.10 Å². The first-order valence-corrected chi connectivity index (χ1v) is 11.9. The van der Waals surface area contributed by atoms with Crippen molar-refractivity contribution in [3.8, 4) is 0 Å². The number of thioether (sulfide) groups is 1. The molecular weight excluding hydrogens is 424 g/mol. The van der Waals surface area contributed by atoms with Gasteiger partial charge in [0.25, 0.3) is 0 Å². The van der Waals surface area contributed by atoms with E-state index in [0.717, 1.165) is 35.9 Å². The molecule has 0 aromatic carbocycles. The Balaban J connectivity index is 1.44. The summed E-state index contributed by atoms with van der Waals surface area (Å²) in [5.74, 6) is 2.10. The van der Waals surface area contributed by atoms with Crippen LogP contribution < -0.4 is 5.32 Å². The minimum Gasteiger partial charge on any atom is -0.444 e. The molecule has 1 aliphatic rings. The molecule has 1 aliphatic heterocycles. The second kappa shape index (κ2) is 10.2. The van der Waals surface area contributed by atoms with E-state index in [9.17, 15) is 9.90 Å². The van der Waals surface area contributed by atoms with E-state index in [0.29, 0.717) is 23.3 Å². The SMILES string of the molecule is CC(C)(C)c1cnc(CSc2cnc(NC(=O)C3CCN(CC(O)CO)CC3)s2)o1. The van der Waals surface area contributed by atoms with Crippen molar-refractivity contribution in [3.05, 3.63) is 24.0 Å². The molecule has 0 aliphatic carbocycles. The molecule has 10 heteroatoms. The molecule has 1 fully saturated rings. The number of hydrogen-bond donors (Lipinski definition) is 3. The van der Waals surface area contributed by atoms with Crippen LogP contribution in [0, 0.1) is 5.92 Å². The molecule has 0 saturated carbocycles. The molecule has 1 saturated heterocycles. The van der Waals surface area contributed by atoms with Crippen molar-refractivity contribution in [2.75, 3.05) is 31.6 Å². The first-order valence-electron chi connectivity index (χ1n) is 10.1. The van der Waals surface area contributed by atoms with Gasteiger partial charge in [-0.3, -0.25) is 4.79 Å². The lowest BCUT2D eigenvalue weighted by atomic mass is 9.94. The number of carbonyl (C=O) groups is 1. The van der Waals surface area contributed by atoms with Crippen molar-refractivity contribution in [1.29, 1.82) is 0 Å². The maximum absolute atomic E-state index is 12.6. The number of anilines is 1. The van der Waals surface area contributed by atoms with Crippen molar-refractivity contribution >= 4 is 34.1 Å². The van der Waals surface area contributed by atoms with Crippen LogP contribution in [0.2, 0.25) is 0 Å². The van der Waals surface area contributed by atoms with Gasteiger partial charge < -0.3 is 24.8 Å². The highest BCUT2D eigenvalue weighted by Gasteiger charge is 2.26. The third-order valence-electron chi connectivity index (χ3n) is 4.98. The van der Waals surface area contributed by atoms with Gasteiger partial charge in [-0.05, 0) is 25.9 Å². The average Bonchev–Trinajstić information content (AvgIpc) is 3.36. The van der Waals surface area contributed by atoms with Crippen molar-refractivity contribution in [3.63, 3.8) is 0 Å². The predicted molar refractivity (Wildman–Crippen MR) is 118 cm³/mol. The number of carbonyl (C=O) groups excluding carboxylic acids is 1. The third-order valence-corrected chi connectivity index (χ3v) is 7.08. The van der Waals surface area contributed by atoms with Crippen LogP contribution in [-0.2, 0) is 16.0 Å². The molecule has 2 aromatic heterocycles. The van der Waals surface area contributed by atoms with Crippen LogP contribution in [0.15, 0.2) is 21.0 Å². The fourth-order valence-corrected chi connectivity index (χ4v) is 4.91. The van der Waals surface area contributed by atoms with Crippen LogP contribution in [0.5, 0.6) is 0 Å². The van der Waals surface area contributed by atoms with E-state index in [4.69, 9.17) is 9.52 Å².